The minimum atomic E-state index is -3.79. The van der Waals surface area contributed by atoms with Crippen LogP contribution in [0, 0.1) is 0 Å². The van der Waals surface area contributed by atoms with Gasteiger partial charge < -0.3 is 4.74 Å². The minimum Gasteiger partial charge on any atom is -0.468 e. The number of carbonyl (C=O) groups is 1. The van der Waals surface area contributed by atoms with Gasteiger partial charge in [0.05, 0.1) is 13.7 Å². The molecule has 90 valence electrons. The van der Waals surface area contributed by atoms with Crippen molar-refractivity contribution in [3.8, 4) is 0 Å². The number of nitrogens with one attached hydrogen (secondary N) is 2. The van der Waals surface area contributed by atoms with Gasteiger partial charge in [0.25, 0.3) is 0 Å². The van der Waals surface area contributed by atoms with E-state index in [1.165, 1.54) is 6.92 Å². The predicted octanol–water partition coefficient (Wildman–Crippen LogP) is -1.82. The van der Waals surface area contributed by atoms with E-state index in [0.717, 1.165) is 7.11 Å². The number of aromatic amines is 1. The lowest BCUT2D eigenvalue weighted by atomic mass is 10.5. The fourth-order valence-corrected chi connectivity index (χ4v) is 1.77. The van der Waals surface area contributed by atoms with Gasteiger partial charge in [-0.15, -0.1) is 10.2 Å². The van der Waals surface area contributed by atoms with E-state index in [2.05, 4.69) is 30.1 Å². The highest BCUT2D eigenvalue weighted by Crippen LogP contribution is 2.01. The Labute approximate surface area is 91.6 Å². The maximum atomic E-state index is 11.5. The molecule has 0 aliphatic rings. The van der Waals surface area contributed by atoms with Gasteiger partial charge in [-0.3, -0.25) is 4.79 Å². The quantitative estimate of drug-likeness (QED) is 0.588. The van der Waals surface area contributed by atoms with Crippen LogP contribution in [0.5, 0.6) is 0 Å². The molecule has 0 amide bonds. The Bertz CT molecular complexity index is 441. The zero-order valence-corrected chi connectivity index (χ0v) is 9.48. The monoisotopic (exact) mass is 249 g/mol. The normalized spacial score (nSPS) is 13.4. The lowest BCUT2D eigenvalue weighted by molar-refractivity contribution is -0.139. The molecule has 1 aromatic heterocycles. The van der Waals surface area contributed by atoms with Crippen LogP contribution in [0.4, 0.5) is 0 Å². The first kappa shape index (κ1) is 12.5. The molecular formula is C6H11N5O4S. The van der Waals surface area contributed by atoms with E-state index in [0.29, 0.717) is 0 Å². The highest BCUT2D eigenvalue weighted by molar-refractivity contribution is 7.90. The summed E-state index contributed by atoms with van der Waals surface area (Å²) in [5.41, 5.74) is 0. The summed E-state index contributed by atoms with van der Waals surface area (Å²) >= 11 is 0. The summed E-state index contributed by atoms with van der Waals surface area (Å²) in [6.45, 7) is 1.09. The number of hydrogen-bond donors (Lipinski definition) is 2. The van der Waals surface area contributed by atoms with Crippen LogP contribution in [0.1, 0.15) is 12.7 Å². The lowest BCUT2D eigenvalue weighted by Crippen LogP contribution is -2.38. The molecule has 0 fully saturated rings. The first-order valence-corrected chi connectivity index (χ1v) is 5.80. The summed E-state index contributed by atoms with van der Waals surface area (Å²) in [7, 11) is -2.68. The Morgan fingerprint density at radius 3 is 2.81 bits per heavy atom. The van der Waals surface area contributed by atoms with Crippen molar-refractivity contribution < 1.29 is 17.9 Å². The van der Waals surface area contributed by atoms with E-state index in [1.54, 1.807) is 0 Å². The minimum absolute atomic E-state index is 0.139. The molecule has 0 saturated carbocycles. The van der Waals surface area contributed by atoms with Crippen LogP contribution in [-0.4, -0.2) is 47.4 Å². The van der Waals surface area contributed by atoms with Crippen molar-refractivity contribution in [2.45, 2.75) is 18.7 Å². The van der Waals surface area contributed by atoms with Crippen molar-refractivity contribution in [1.82, 2.24) is 25.3 Å². The molecule has 0 radical (unpaired) electrons. The Kier molecular flexibility index (Phi) is 3.90. The molecule has 1 heterocycles. The molecule has 1 atom stereocenters. The van der Waals surface area contributed by atoms with Crippen LogP contribution in [0.2, 0.25) is 0 Å². The standard InChI is InChI=1S/C6H11N5O4S/c1-4(6(12)15-2)16(13,14)7-3-5-8-10-11-9-5/h4,7H,3H2,1-2H3,(H,8,9,10,11). The van der Waals surface area contributed by atoms with Gasteiger partial charge in [-0.2, -0.15) is 5.21 Å². The summed E-state index contributed by atoms with van der Waals surface area (Å²) in [6.07, 6.45) is 0. The molecular weight excluding hydrogens is 238 g/mol. The van der Waals surface area contributed by atoms with Gasteiger partial charge in [-0.05, 0) is 6.92 Å². The molecule has 2 N–H and O–H groups in total. The molecule has 16 heavy (non-hydrogen) atoms. The van der Waals surface area contributed by atoms with Crippen LogP contribution < -0.4 is 4.72 Å². The average molecular weight is 249 g/mol. The number of sulfonamides is 1. The van der Waals surface area contributed by atoms with Crippen LogP contribution in [0.15, 0.2) is 0 Å². The molecule has 10 heteroatoms. The number of aromatic nitrogens is 4. The third-order valence-electron chi connectivity index (χ3n) is 1.82. The number of nitrogens with zero attached hydrogens (tertiary/aromatic N) is 3. The Hall–Kier alpha value is -1.55. The van der Waals surface area contributed by atoms with E-state index in [-0.39, 0.29) is 12.4 Å². The average Bonchev–Trinajstić information content (AvgIpc) is 2.77. The molecule has 0 aromatic carbocycles. The number of tetrazole rings is 1. The van der Waals surface area contributed by atoms with Gasteiger partial charge in [0, 0.05) is 0 Å². The van der Waals surface area contributed by atoms with E-state index in [4.69, 9.17) is 0 Å². The van der Waals surface area contributed by atoms with Crippen molar-refractivity contribution in [2.24, 2.45) is 0 Å². The number of esters is 1. The Balaban J connectivity index is 2.62. The summed E-state index contributed by atoms with van der Waals surface area (Å²) < 4.78 is 29.5. The number of carbonyl (C=O) groups excluding carboxylic acids is 1. The van der Waals surface area contributed by atoms with Gasteiger partial charge >= 0.3 is 5.97 Å². The molecule has 0 saturated heterocycles. The highest BCUT2D eigenvalue weighted by Gasteiger charge is 2.28. The predicted molar refractivity (Wildman–Crippen MR) is 51.4 cm³/mol. The third-order valence-corrected chi connectivity index (χ3v) is 3.49. The number of methoxy groups -OCH3 is 1. The topological polar surface area (TPSA) is 127 Å². The third kappa shape index (κ3) is 2.97. The van der Waals surface area contributed by atoms with Crippen LogP contribution in [-0.2, 0) is 26.1 Å². The van der Waals surface area contributed by atoms with E-state index < -0.39 is 21.2 Å². The summed E-state index contributed by atoms with van der Waals surface area (Å²) in [4.78, 5) is 11.0. The summed E-state index contributed by atoms with van der Waals surface area (Å²) in [6, 6.07) is 0. The first-order valence-electron chi connectivity index (χ1n) is 4.26. The highest BCUT2D eigenvalue weighted by atomic mass is 32.2. The molecule has 9 nitrogen and oxygen atoms in total. The maximum Gasteiger partial charge on any atom is 0.325 e. The van der Waals surface area contributed by atoms with Crippen LogP contribution in [0.25, 0.3) is 0 Å². The van der Waals surface area contributed by atoms with E-state index in [1.807, 2.05) is 0 Å². The molecule has 1 unspecified atom stereocenters. The first-order chi connectivity index (χ1) is 7.47. The largest absolute Gasteiger partial charge is 0.468 e. The fraction of sp³-hybridized carbons (Fsp3) is 0.667. The molecule has 1 aromatic rings. The second kappa shape index (κ2) is 4.99. The second-order valence-electron chi connectivity index (χ2n) is 2.86. The fourth-order valence-electron chi connectivity index (χ4n) is 0.840. The van der Waals surface area contributed by atoms with Crippen molar-refractivity contribution in [3.05, 3.63) is 5.82 Å². The Morgan fingerprint density at radius 2 is 2.31 bits per heavy atom. The smallest absolute Gasteiger partial charge is 0.325 e. The zero-order chi connectivity index (χ0) is 12.2. The van der Waals surface area contributed by atoms with Gasteiger partial charge in [-0.25, -0.2) is 13.1 Å². The van der Waals surface area contributed by atoms with Gasteiger partial charge in [0.1, 0.15) is 0 Å². The van der Waals surface area contributed by atoms with Crippen molar-refractivity contribution in [2.75, 3.05) is 7.11 Å². The van der Waals surface area contributed by atoms with Gasteiger partial charge in [0.2, 0.25) is 10.0 Å². The van der Waals surface area contributed by atoms with E-state index >= 15 is 0 Å². The lowest BCUT2D eigenvalue weighted by Gasteiger charge is -2.10. The molecule has 1 rings (SSSR count). The van der Waals surface area contributed by atoms with Crippen LogP contribution in [0.3, 0.4) is 0 Å². The molecule has 0 spiro atoms. The molecule has 0 aliphatic heterocycles. The summed E-state index contributed by atoms with van der Waals surface area (Å²) in [5, 5.41) is 11.2. The molecule has 0 bridgehead atoms. The van der Waals surface area contributed by atoms with Crippen molar-refractivity contribution in [3.63, 3.8) is 0 Å². The number of rotatable bonds is 5. The number of hydrogen-bond acceptors (Lipinski definition) is 7. The second-order valence-corrected chi connectivity index (χ2v) is 4.95. The maximum absolute atomic E-state index is 11.5. The SMILES string of the molecule is COC(=O)C(C)S(=O)(=O)NCc1nn[nH]n1. The van der Waals surface area contributed by atoms with Crippen molar-refractivity contribution >= 4 is 16.0 Å². The van der Waals surface area contributed by atoms with Gasteiger partial charge in [0.15, 0.2) is 11.1 Å². The molecule has 0 aliphatic carbocycles. The zero-order valence-electron chi connectivity index (χ0n) is 8.67. The van der Waals surface area contributed by atoms with E-state index in [9.17, 15) is 13.2 Å². The van der Waals surface area contributed by atoms with Gasteiger partial charge in [-0.1, -0.05) is 5.21 Å². The Morgan fingerprint density at radius 1 is 1.62 bits per heavy atom. The summed E-state index contributed by atoms with van der Waals surface area (Å²) in [5.74, 6) is -0.652. The number of ether oxygens (including phenoxy) is 1. The van der Waals surface area contributed by atoms with Crippen molar-refractivity contribution in [1.29, 1.82) is 0 Å². The number of H-pyrrole nitrogens is 1. The van der Waals surface area contributed by atoms with Crippen LogP contribution >= 0.6 is 0 Å².